The molecule has 1 unspecified atom stereocenters. The van der Waals surface area contributed by atoms with E-state index in [1.54, 1.807) is 0 Å². The standard InChI is InChI=1S/C20H29NO3S/c1-3-24-19(23)20(12-7-11-17-9-5-4-6-10-17)13-8-14-21(16-20)18(22)15-25-2/h4-6,9-10H,3,7-8,11-16H2,1-2H3. The van der Waals surface area contributed by atoms with Crippen LogP contribution in [0.3, 0.4) is 0 Å². The summed E-state index contributed by atoms with van der Waals surface area (Å²) < 4.78 is 5.39. The second-order valence-electron chi connectivity index (χ2n) is 6.69. The number of hydrogen-bond donors (Lipinski definition) is 0. The summed E-state index contributed by atoms with van der Waals surface area (Å²) in [6.07, 6.45) is 6.24. The number of piperidine rings is 1. The van der Waals surface area contributed by atoms with Crippen molar-refractivity contribution in [3.63, 3.8) is 0 Å². The molecule has 1 aliphatic heterocycles. The fraction of sp³-hybridized carbons (Fsp3) is 0.600. The van der Waals surface area contributed by atoms with Gasteiger partial charge < -0.3 is 9.64 Å². The largest absolute Gasteiger partial charge is 0.466 e. The molecule has 1 aromatic carbocycles. The van der Waals surface area contributed by atoms with E-state index in [4.69, 9.17) is 4.74 Å². The highest BCUT2D eigenvalue weighted by Gasteiger charge is 2.44. The van der Waals surface area contributed by atoms with Crippen molar-refractivity contribution in [3.05, 3.63) is 35.9 Å². The van der Waals surface area contributed by atoms with Crippen LogP contribution in [0.1, 0.15) is 38.2 Å². The Kier molecular flexibility index (Phi) is 7.82. The van der Waals surface area contributed by atoms with Gasteiger partial charge >= 0.3 is 5.97 Å². The third kappa shape index (κ3) is 5.50. The van der Waals surface area contributed by atoms with E-state index in [1.165, 1.54) is 17.3 Å². The molecule has 5 heteroatoms. The molecule has 1 heterocycles. The lowest BCUT2D eigenvalue weighted by Crippen LogP contribution is -2.51. The van der Waals surface area contributed by atoms with Crippen molar-refractivity contribution in [1.82, 2.24) is 4.90 Å². The minimum atomic E-state index is -0.545. The third-order valence-electron chi connectivity index (χ3n) is 4.87. The van der Waals surface area contributed by atoms with E-state index in [0.717, 1.165) is 38.6 Å². The van der Waals surface area contributed by atoms with E-state index in [9.17, 15) is 9.59 Å². The maximum Gasteiger partial charge on any atom is 0.313 e. The summed E-state index contributed by atoms with van der Waals surface area (Å²) in [6.45, 7) is 3.48. The van der Waals surface area contributed by atoms with Crippen molar-refractivity contribution in [1.29, 1.82) is 0 Å². The van der Waals surface area contributed by atoms with Crippen LogP contribution in [0.4, 0.5) is 0 Å². The van der Waals surface area contributed by atoms with Crippen LogP contribution < -0.4 is 0 Å². The number of esters is 1. The summed E-state index contributed by atoms with van der Waals surface area (Å²) in [5, 5.41) is 0. The molecule has 0 N–H and O–H groups in total. The molecule has 1 atom stereocenters. The zero-order chi connectivity index (χ0) is 18.1. The predicted octanol–water partition coefficient (Wildman–Crippen LogP) is 3.54. The molecule has 0 radical (unpaired) electrons. The zero-order valence-electron chi connectivity index (χ0n) is 15.3. The summed E-state index contributed by atoms with van der Waals surface area (Å²) in [4.78, 5) is 26.9. The van der Waals surface area contributed by atoms with Gasteiger partial charge in [-0.15, -0.1) is 0 Å². The molecule has 1 saturated heterocycles. The SMILES string of the molecule is CCOC(=O)C1(CCCc2ccccc2)CCCN(C(=O)CSC)C1. The predicted molar refractivity (Wildman–Crippen MR) is 103 cm³/mol. The molecule has 138 valence electrons. The molecule has 0 aliphatic carbocycles. The normalized spacial score (nSPS) is 20.3. The zero-order valence-corrected chi connectivity index (χ0v) is 16.1. The summed E-state index contributed by atoms with van der Waals surface area (Å²) in [5.74, 6) is 0.469. The highest BCUT2D eigenvalue weighted by atomic mass is 32.2. The first-order chi connectivity index (χ1) is 12.1. The minimum absolute atomic E-state index is 0.129. The Bertz CT molecular complexity index is 563. The Hall–Kier alpha value is -1.49. The number of hydrogen-bond acceptors (Lipinski definition) is 4. The quantitative estimate of drug-likeness (QED) is 0.663. The van der Waals surface area contributed by atoms with Gasteiger partial charge in [-0.3, -0.25) is 9.59 Å². The number of likely N-dealkylation sites (tertiary alicyclic amines) is 1. The summed E-state index contributed by atoms with van der Waals surface area (Å²) in [6, 6.07) is 10.3. The number of rotatable bonds is 8. The second-order valence-corrected chi connectivity index (χ2v) is 7.56. The fourth-order valence-electron chi connectivity index (χ4n) is 3.59. The Labute approximate surface area is 155 Å². The van der Waals surface area contributed by atoms with Crippen molar-refractivity contribution in [2.45, 2.75) is 39.0 Å². The first-order valence-electron chi connectivity index (χ1n) is 9.09. The highest BCUT2D eigenvalue weighted by Crippen LogP contribution is 2.37. The Balaban J connectivity index is 2.05. The molecule has 0 spiro atoms. The van der Waals surface area contributed by atoms with Crippen LogP contribution in [0.2, 0.25) is 0 Å². The fourth-order valence-corrected chi connectivity index (χ4v) is 4.02. The Morgan fingerprint density at radius 1 is 1.28 bits per heavy atom. The van der Waals surface area contributed by atoms with Gasteiger partial charge in [0.25, 0.3) is 0 Å². The smallest absolute Gasteiger partial charge is 0.313 e. The van der Waals surface area contributed by atoms with E-state index in [0.29, 0.717) is 18.9 Å². The lowest BCUT2D eigenvalue weighted by atomic mass is 9.75. The lowest BCUT2D eigenvalue weighted by molar-refractivity contribution is -0.161. The number of carbonyl (C=O) groups is 2. The molecular formula is C20H29NO3S. The van der Waals surface area contributed by atoms with Crippen LogP contribution in [-0.4, -0.2) is 48.5 Å². The maximum absolute atomic E-state index is 12.7. The highest BCUT2D eigenvalue weighted by molar-refractivity contribution is 7.99. The molecule has 0 aromatic heterocycles. The topological polar surface area (TPSA) is 46.6 Å². The third-order valence-corrected chi connectivity index (χ3v) is 5.41. The molecule has 0 saturated carbocycles. The second kappa shape index (κ2) is 9.85. The van der Waals surface area contributed by atoms with E-state index < -0.39 is 5.41 Å². The molecule has 2 rings (SSSR count). The number of aryl methyl sites for hydroxylation is 1. The number of benzene rings is 1. The van der Waals surface area contributed by atoms with Crippen LogP contribution in [0, 0.1) is 5.41 Å². The first kappa shape index (κ1) is 19.8. The molecule has 1 amide bonds. The minimum Gasteiger partial charge on any atom is -0.466 e. The monoisotopic (exact) mass is 363 g/mol. The molecule has 0 bridgehead atoms. The average Bonchev–Trinajstić information content (AvgIpc) is 2.63. The van der Waals surface area contributed by atoms with Crippen molar-refractivity contribution in [2.24, 2.45) is 5.41 Å². The van der Waals surface area contributed by atoms with Crippen molar-refractivity contribution >= 4 is 23.6 Å². The van der Waals surface area contributed by atoms with Gasteiger partial charge in [0, 0.05) is 13.1 Å². The molecule has 1 aliphatic rings. The van der Waals surface area contributed by atoms with Gasteiger partial charge in [-0.05, 0) is 50.8 Å². The molecule has 4 nitrogen and oxygen atoms in total. The van der Waals surface area contributed by atoms with Crippen molar-refractivity contribution in [2.75, 3.05) is 31.7 Å². The molecule has 1 aromatic rings. The summed E-state index contributed by atoms with van der Waals surface area (Å²) in [7, 11) is 0. The van der Waals surface area contributed by atoms with Crippen LogP contribution >= 0.6 is 11.8 Å². The number of carbonyl (C=O) groups excluding carboxylic acids is 2. The first-order valence-corrected chi connectivity index (χ1v) is 10.5. The maximum atomic E-state index is 12.7. The van der Waals surface area contributed by atoms with Gasteiger partial charge in [0.15, 0.2) is 0 Å². The average molecular weight is 364 g/mol. The lowest BCUT2D eigenvalue weighted by Gasteiger charge is -2.41. The van der Waals surface area contributed by atoms with Gasteiger partial charge in [-0.2, -0.15) is 11.8 Å². The number of ether oxygens (including phenoxy) is 1. The van der Waals surface area contributed by atoms with Crippen molar-refractivity contribution < 1.29 is 14.3 Å². The van der Waals surface area contributed by atoms with E-state index >= 15 is 0 Å². The molecule has 1 fully saturated rings. The van der Waals surface area contributed by atoms with Gasteiger partial charge in [0.2, 0.25) is 5.91 Å². The molecule has 25 heavy (non-hydrogen) atoms. The number of thioether (sulfide) groups is 1. The van der Waals surface area contributed by atoms with E-state index in [2.05, 4.69) is 12.1 Å². The number of nitrogens with zero attached hydrogens (tertiary/aromatic N) is 1. The van der Waals surface area contributed by atoms with Crippen LogP contribution in [0.15, 0.2) is 30.3 Å². The van der Waals surface area contributed by atoms with Crippen LogP contribution in [0.25, 0.3) is 0 Å². The Morgan fingerprint density at radius 2 is 2.04 bits per heavy atom. The van der Waals surface area contributed by atoms with Gasteiger partial charge in [0.05, 0.1) is 17.8 Å². The van der Waals surface area contributed by atoms with Crippen molar-refractivity contribution in [3.8, 4) is 0 Å². The number of amides is 1. The van der Waals surface area contributed by atoms with E-state index in [1.807, 2.05) is 36.3 Å². The van der Waals surface area contributed by atoms with Gasteiger partial charge in [0.1, 0.15) is 0 Å². The Morgan fingerprint density at radius 3 is 2.72 bits per heavy atom. The van der Waals surface area contributed by atoms with Crippen LogP contribution in [-0.2, 0) is 20.7 Å². The van der Waals surface area contributed by atoms with Crippen LogP contribution in [0.5, 0.6) is 0 Å². The summed E-state index contributed by atoms with van der Waals surface area (Å²) >= 11 is 1.53. The summed E-state index contributed by atoms with van der Waals surface area (Å²) in [5.41, 5.74) is 0.740. The van der Waals surface area contributed by atoms with E-state index in [-0.39, 0.29) is 11.9 Å². The molecular weight excluding hydrogens is 334 g/mol. The van der Waals surface area contributed by atoms with Gasteiger partial charge in [-0.1, -0.05) is 30.3 Å². The van der Waals surface area contributed by atoms with Gasteiger partial charge in [-0.25, -0.2) is 0 Å².